The van der Waals surface area contributed by atoms with Crippen molar-refractivity contribution in [1.29, 1.82) is 0 Å². The molecule has 2 aromatic heterocycles. The first-order chi connectivity index (χ1) is 13.6. The highest BCUT2D eigenvalue weighted by Crippen LogP contribution is 2.27. The maximum Gasteiger partial charge on any atom is 0.169 e. The predicted octanol–water partition coefficient (Wildman–Crippen LogP) is 3.61. The van der Waals surface area contributed by atoms with Gasteiger partial charge in [0.1, 0.15) is 12.0 Å². The zero-order valence-electron chi connectivity index (χ0n) is 15.7. The summed E-state index contributed by atoms with van der Waals surface area (Å²) in [6.07, 6.45) is 3.59. The summed E-state index contributed by atoms with van der Waals surface area (Å²) in [7, 11) is 0. The van der Waals surface area contributed by atoms with Crippen LogP contribution in [0.2, 0.25) is 5.02 Å². The van der Waals surface area contributed by atoms with Crippen molar-refractivity contribution < 1.29 is 13.9 Å². The molecule has 2 aliphatic rings. The standard InChI is InChI=1S/C21H23ClFN3O2/c22-14-3-4-16(24-12-14)10-20(27)18-11-21(26-7-1-2-15(23)13-26)25-19-6-9-28-8-5-17(18)19/h3-4,11-12,15H,1-2,5-10,13H2/t15-/m1/s1. The molecule has 4 rings (SSSR count). The Morgan fingerprint density at radius 1 is 1.32 bits per heavy atom. The fraction of sp³-hybridized carbons (Fsp3) is 0.476. The van der Waals surface area contributed by atoms with Crippen molar-refractivity contribution in [3.05, 3.63) is 51.9 Å². The van der Waals surface area contributed by atoms with Gasteiger partial charge in [0.25, 0.3) is 0 Å². The average Bonchev–Trinajstić information content (AvgIpc) is 2.94. The number of pyridine rings is 2. The van der Waals surface area contributed by atoms with Gasteiger partial charge in [-0.05, 0) is 43.0 Å². The van der Waals surface area contributed by atoms with E-state index in [0.29, 0.717) is 61.1 Å². The number of alkyl halides is 1. The molecule has 0 aromatic carbocycles. The van der Waals surface area contributed by atoms with E-state index in [2.05, 4.69) is 4.98 Å². The van der Waals surface area contributed by atoms with Crippen LogP contribution in [-0.2, 0) is 24.0 Å². The van der Waals surface area contributed by atoms with Crippen LogP contribution in [0.1, 0.15) is 40.2 Å². The molecule has 0 saturated carbocycles. The fourth-order valence-corrected chi connectivity index (χ4v) is 3.97. The van der Waals surface area contributed by atoms with E-state index < -0.39 is 6.17 Å². The number of fused-ring (bicyclic) bond motifs is 1. The molecule has 1 atom stereocenters. The summed E-state index contributed by atoms with van der Waals surface area (Å²) in [5, 5.41) is 0.541. The van der Waals surface area contributed by atoms with Crippen LogP contribution in [0, 0.1) is 0 Å². The average molecular weight is 404 g/mol. The van der Waals surface area contributed by atoms with Gasteiger partial charge >= 0.3 is 0 Å². The van der Waals surface area contributed by atoms with Gasteiger partial charge < -0.3 is 9.64 Å². The van der Waals surface area contributed by atoms with E-state index in [0.717, 1.165) is 24.2 Å². The summed E-state index contributed by atoms with van der Waals surface area (Å²) in [6.45, 7) is 2.25. The van der Waals surface area contributed by atoms with Crippen molar-refractivity contribution in [2.24, 2.45) is 0 Å². The third-order valence-electron chi connectivity index (χ3n) is 5.29. The minimum atomic E-state index is -0.852. The zero-order valence-corrected chi connectivity index (χ0v) is 16.4. The summed E-state index contributed by atoms with van der Waals surface area (Å²) >= 11 is 5.89. The van der Waals surface area contributed by atoms with Crippen LogP contribution in [0.15, 0.2) is 24.4 Å². The second-order valence-electron chi connectivity index (χ2n) is 7.32. The van der Waals surface area contributed by atoms with Crippen LogP contribution < -0.4 is 4.90 Å². The Labute approximate surface area is 168 Å². The van der Waals surface area contributed by atoms with Gasteiger partial charge in [-0.15, -0.1) is 0 Å². The van der Waals surface area contributed by atoms with Crippen molar-refractivity contribution in [2.45, 2.75) is 38.3 Å². The highest BCUT2D eigenvalue weighted by Gasteiger charge is 2.25. The van der Waals surface area contributed by atoms with Crippen LogP contribution in [0.5, 0.6) is 0 Å². The van der Waals surface area contributed by atoms with Gasteiger partial charge in [-0.3, -0.25) is 9.78 Å². The van der Waals surface area contributed by atoms with E-state index in [1.54, 1.807) is 18.3 Å². The summed E-state index contributed by atoms with van der Waals surface area (Å²) in [6, 6.07) is 5.33. The number of piperidine rings is 1. The van der Waals surface area contributed by atoms with Gasteiger partial charge in [-0.2, -0.15) is 0 Å². The smallest absolute Gasteiger partial charge is 0.169 e. The molecule has 2 aromatic rings. The highest BCUT2D eigenvalue weighted by molar-refractivity contribution is 6.30. The molecule has 0 spiro atoms. The number of ketones is 1. The van der Waals surface area contributed by atoms with Crippen molar-refractivity contribution in [3.8, 4) is 0 Å². The third kappa shape index (κ3) is 4.33. The van der Waals surface area contributed by atoms with Gasteiger partial charge in [-0.25, -0.2) is 9.37 Å². The minimum absolute atomic E-state index is 0.00886. The molecular formula is C21H23ClFN3O2. The normalized spacial score (nSPS) is 19.8. The molecule has 2 aliphatic heterocycles. The predicted molar refractivity (Wildman–Crippen MR) is 106 cm³/mol. The molecule has 7 heteroatoms. The molecule has 0 unspecified atom stereocenters. The molecule has 0 amide bonds. The number of carbonyl (C=O) groups excluding carboxylic acids is 1. The molecule has 148 valence electrons. The number of nitrogens with zero attached hydrogens (tertiary/aromatic N) is 3. The van der Waals surface area contributed by atoms with Crippen molar-refractivity contribution in [1.82, 2.24) is 9.97 Å². The van der Waals surface area contributed by atoms with Gasteiger partial charge in [0.2, 0.25) is 0 Å². The number of aromatic nitrogens is 2. The number of anilines is 1. The van der Waals surface area contributed by atoms with E-state index in [1.165, 1.54) is 0 Å². The topological polar surface area (TPSA) is 55.3 Å². The first kappa shape index (κ1) is 19.3. The Balaban J connectivity index is 1.68. The quantitative estimate of drug-likeness (QED) is 0.730. The van der Waals surface area contributed by atoms with E-state index in [9.17, 15) is 9.18 Å². The highest BCUT2D eigenvalue weighted by atomic mass is 35.5. The van der Waals surface area contributed by atoms with Gasteiger partial charge in [0, 0.05) is 36.1 Å². The Morgan fingerprint density at radius 3 is 2.96 bits per heavy atom. The minimum Gasteiger partial charge on any atom is -0.381 e. The molecular weight excluding hydrogens is 381 g/mol. The van der Waals surface area contributed by atoms with Crippen molar-refractivity contribution in [2.75, 3.05) is 31.2 Å². The van der Waals surface area contributed by atoms with E-state index >= 15 is 0 Å². The van der Waals surface area contributed by atoms with Crippen molar-refractivity contribution >= 4 is 23.2 Å². The molecule has 0 bridgehead atoms. The maximum absolute atomic E-state index is 13.9. The lowest BCUT2D eigenvalue weighted by Gasteiger charge is -2.31. The summed E-state index contributed by atoms with van der Waals surface area (Å²) in [5.74, 6) is 0.681. The second kappa shape index (κ2) is 8.53. The monoisotopic (exact) mass is 403 g/mol. The summed E-state index contributed by atoms with van der Waals surface area (Å²) < 4.78 is 19.5. The number of ether oxygens (including phenoxy) is 1. The Hall–Kier alpha value is -2.05. The van der Waals surface area contributed by atoms with E-state index in [1.807, 2.05) is 11.0 Å². The first-order valence-corrected chi connectivity index (χ1v) is 10.1. The van der Waals surface area contributed by atoms with Crippen LogP contribution >= 0.6 is 11.6 Å². The number of carbonyl (C=O) groups is 1. The molecule has 1 fully saturated rings. The van der Waals surface area contributed by atoms with Crippen LogP contribution in [0.4, 0.5) is 10.2 Å². The fourth-order valence-electron chi connectivity index (χ4n) is 3.86. The Morgan fingerprint density at radius 2 is 2.18 bits per heavy atom. The lowest BCUT2D eigenvalue weighted by Crippen LogP contribution is -2.37. The summed E-state index contributed by atoms with van der Waals surface area (Å²) in [5.41, 5.74) is 3.17. The number of halogens is 2. The van der Waals surface area contributed by atoms with Gasteiger partial charge in [0.05, 0.1) is 31.2 Å². The number of Topliss-reactive ketones (excluding diaryl/α,β-unsaturated/α-hetero) is 1. The molecule has 0 radical (unpaired) electrons. The third-order valence-corrected chi connectivity index (χ3v) is 5.52. The molecule has 4 heterocycles. The molecule has 1 saturated heterocycles. The zero-order chi connectivity index (χ0) is 19.5. The Bertz CT molecular complexity index is 859. The molecule has 0 aliphatic carbocycles. The first-order valence-electron chi connectivity index (χ1n) is 9.73. The second-order valence-corrected chi connectivity index (χ2v) is 7.76. The van der Waals surface area contributed by atoms with Crippen LogP contribution in [0.3, 0.4) is 0 Å². The van der Waals surface area contributed by atoms with E-state index in [-0.39, 0.29) is 12.2 Å². The lowest BCUT2D eigenvalue weighted by molar-refractivity contribution is 0.0990. The molecule has 0 N–H and O–H groups in total. The number of hydrogen-bond acceptors (Lipinski definition) is 5. The van der Waals surface area contributed by atoms with Gasteiger partial charge in [-0.1, -0.05) is 11.6 Å². The van der Waals surface area contributed by atoms with Gasteiger partial charge in [0.15, 0.2) is 5.78 Å². The Kier molecular flexibility index (Phi) is 5.87. The SMILES string of the molecule is O=C(Cc1ccc(Cl)cn1)c1cc(N2CCC[C@@H](F)C2)nc2c1CCOCC2. The molecule has 28 heavy (non-hydrogen) atoms. The maximum atomic E-state index is 13.9. The summed E-state index contributed by atoms with van der Waals surface area (Å²) in [4.78, 5) is 24.1. The molecule has 5 nitrogen and oxygen atoms in total. The number of hydrogen-bond donors (Lipinski definition) is 0. The van der Waals surface area contributed by atoms with Crippen LogP contribution in [-0.4, -0.2) is 48.2 Å². The largest absolute Gasteiger partial charge is 0.381 e. The number of rotatable bonds is 4. The van der Waals surface area contributed by atoms with E-state index in [4.69, 9.17) is 21.3 Å². The lowest BCUT2D eigenvalue weighted by atomic mass is 9.96. The van der Waals surface area contributed by atoms with Crippen LogP contribution in [0.25, 0.3) is 0 Å². The van der Waals surface area contributed by atoms with Crippen molar-refractivity contribution in [3.63, 3.8) is 0 Å².